The Morgan fingerprint density at radius 1 is 0.766 bits per heavy atom. The molecule has 0 spiro atoms. The van der Waals surface area contributed by atoms with Gasteiger partial charge < -0.3 is 61.9 Å². The predicted octanol–water partition coefficient (Wildman–Crippen LogP) is 4.08. The van der Waals surface area contributed by atoms with Crippen LogP contribution in [-0.2, 0) is 76.0 Å². The molecule has 8 unspecified atom stereocenters. The van der Waals surface area contributed by atoms with Crippen LogP contribution in [0.3, 0.4) is 0 Å². The molecule has 0 radical (unpaired) electrons. The van der Waals surface area contributed by atoms with Gasteiger partial charge in [-0.25, -0.2) is 0 Å². The molecule has 0 saturated carbocycles. The van der Waals surface area contributed by atoms with Gasteiger partial charge >= 0.3 is 17.9 Å². The van der Waals surface area contributed by atoms with Crippen LogP contribution >= 0.6 is 0 Å². The fourth-order valence-electron chi connectivity index (χ4n) is 9.74. The highest BCUT2D eigenvalue weighted by molar-refractivity contribution is 5.80. The van der Waals surface area contributed by atoms with E-state index in [1.807, 2.05) is 20.8 Å². The Kier molecular flexibility index (Phi) is 23.5. The molecule has 18 atom stereocenters. The second-order valence-corrected chi connectivity index (χ2v) is 18.3. The molecule has 0 aromatic rings. The number of carbonyl (C=O) groups is 4. The van der Waals surface area contributed by atoms with Gasteiger partial charge in [-0.3, -0.25) is 24.1 Å². The molecule has 372 valence electrons. The van der Waals surface area contributed by atoms with E-state index in [4.69, 9.17) is 56.8 Å². The van der Waals surface area contributed by atoms with Crippen LogP contribution in [0.15, 0.2) is 0 Å². The first-order valence-corrected chi connectivity index (χ1v) is 22.9. The maximum atomic E-state index is 14.1. The van der Waals surface area contributed by atoms with Crippen molar-refractivity contribution in [3.63, 3.8) is 0 Å². The molecule has 0 aromatic heterocycles. The number of esters is 3. The summed E-state index contributed by atoms with van der Waals surface area (Å²) in [7, 11) is 11.3. The van der Waals surface area contributed by atoms with Crippen LogP contribution in [0, 0.1) is 29.6 Å². The standard InChI is InChI=1S/C46H81NO17/c1-16-35-32(23-58-45-44(57-15)43(56-14)41(55-13)28(6)59-45)19-24(2)17-18-33(50)25(3)20-31(21-37(53-11)54-12)39(26(4)34(51)22-36(52)63-35)64-46-42(62-30(8)49)38(47(9)10)40(27(5)60-46)61-29(7)48/h24-28,31-32,34-35,37-46,51H,16-23H2,1-15H3/t24?,25?,26?,27-,28-,31?,32?,34?,35?,38+,39?,40-,41-,42-,43-,44+,45-,46+/m1/s1. The SMILES string of the molecule is CCC1OC(=O)CC(O)C(C)C(O[C@@H]2O[C@H](C)[C@@H](OC(C)=O)[C@H](N(C)C)[C@H]2OC(C)=O)C(CC(OC)OC)CC(C)C(=O)CCC(C)CC1CO[C@@H]1O[C@H](C)[C@@H](OC)[C@@H](OC)[C@@H]1OC. The quantitative estimate of drug-likeness (QED) is 0.132. The molecule has 0 bridgehead atoms. The predicted molar refractivity (Wildman–Crippen MR) is 232 cm³/mol. The van der Waals surface area contributed by atoms with Crippen LogP contribution in [0.5, 0.6) is 0 Å². The molecule has 0 aromatic carbocycles. The van der Waals surface area contributed by atoms with E-state index in [0.29, 0.717) is 32.1 Å². The first kappa shape index (κ1) is 56.0. The minimum atomic E-state index is -1.31. The summed E-state index contributed by atoms with van der Waals surface area (Å²) in [6.07, 6.45) is -8.00. The number of hydrogen-bond donors (Lipinski definition) is 1. The lowest BCUT2D eigenvalue weighted by molar-refractivity contribution is -0.309. The van der Waals surface area contributed by atoms with Crippen molar-refractivity contribution < 1.29 is 81.1 Å². The molecular formula is C46H81NO17. The number of aliphatic hydroxyl groups excluding tert-OH is 1. The molecule has 18 nitrogen and oxygen atoms in total. The fourth-order valence-corrected chi connectivity index (χ4v) is 9.74. The highest BCUT2D eigenvalue weighted by atomic mass is 16.7. The summed E-state index contributed by atoms with van der Waals surface area (Å²) in [4.78, 5) is 54.8. The van der Waals surface area contributed by atoms with Gasteiger partial charge in [-0.05, 0) is 65.5 Å². The van der Waals surface area contributed by atoms with Crippen LogP contribution in [0.1, 0.15) is 100 Å². The third-order valence-corrected chi connectivity index (χ3v) is 13.3. The van der Waals surface area contributed by atoms with Crippen LogP contribution in [-0.4, -0.2) is 176 Å². The van der Waals surface area contributed by atoms with Gasteiger partial charge in [-0.2, -0.15) is 0 Å². The van der Waals surface area contributed by atoms with Crippen molar-refractivity contribution in [2.24, 2.45) is 29.6 Å². The van der Waals surface area contributed by atoms with Gasteiger partial charge in [0.2, 0.25) is 0 Å². The summed E-state index contributed by atoms with van der Waals surface area (Å²) in [6, 6.07) is -0.699. The maximum Gasteiger partial charge on any atom is 0.308 e. The van der Waals surface area contributed by atoms with Crippen molar-refractivity contribution >= 4 is 23.7 Å². The summed E-state index contributed by atoms with van der Waals surface area (Å²) in [5.41, 5.74) is 0. The fraction of sp³-hybridized carbons (Fsp3) is 0.913. The van der Waals surface area contributed by atoms with Gasteiger partial charge in [0.25, 0.3) is 0 Å². The van der Waals surface area contributed by atoms with Crippen molar-refractivity contribution in [2.45, 2.75) is 186 Å². The number of likely N-dealkylation sites (N-methyl/N-ethyl adjacent to an activating group) is 1. The third-order valence-electron chi connectivity index (χ3n) is 13.3. The Bertz CT molecular complexity index is 1430. The van der Waals surface area contributed by atoms with E-state index in [2.05, 4.69) is 6.92 Å². The van der Waals surface area contributed by atoms with E-state index in [9.17, 15) is 24.3 Å². The summed E-state index contributed by atoms with van der Waals surface area (Å²) in [5.74, 6) is -3.74. The number of nitrogens with zero attached hydrogens (tertiary/aromatic N) is 1. The minimum absolute atomic E-state index is 0.0346. The number of aliphatic hydroxyl groups is 1. The number of methoxy groups -OCH3 is 5. The first-order valence-electron chi connectivity index (χ1n) is 22.9. The van der Waals surface area contributed by atoms with Gasteiger partial charge in [0, 0.05) is 80.0 Å². The zero-order chi connectivity index (χ0) is 48.0. The molecular weight excluding hydrogens is 838 g/mol. The Morgan fingerprint density at radius 2 is 1.34 bits per heavy atom. The minimum Gasteiger partial charge on any atom is -0.462 e. The Morgan fingerprint density at radius 3 is 1.89 bits per heavy atom. The van der Waals surface area contributed by atoms with E-state index in [1.165, 1.54) is 28.1 Å². The molecule has 0 aliphatic carbocycles. The molecule has 0 amide bonds. The number of Topliss-reactive ketones (excluding diaryl/α,β-unsaturated/α-hetero) is 1. The first-order chi connectivity index (χ1) is 30.2. The van der Waals surface area contributed by atoms with Gasteiger partial charge in [0.05, 0.1) is 43.5 Å². The van der Waals surface area contributed by atoms with E-state index < -0.39 is 109 Å². The Balaban J connectivity index is 2.05. The number of cyclic esters (lactones) is 1. The summed E-state index contributed by atoms with van der Waals surface area (Å²) in [6.45, 7) is 13.9. The van der Waals surface area contributed by atoms with E-state index in [1.54, 1.807) is 54.2 Å². The van der Waals surface area contributed by atoms with Crippen LogP contribution in [0.2, 0.25) is 0 Å². The number of carbonyl (C=O) groups excluding carboxylic acids is 4. The van der Waals surface area contributed by atoms with Crippen molar-refractivity contribution in [2.75, 3.05) is 56.3 Å². The average Bonchev–Trinajstić information content (AvgIpc) is 3.23. The van der Waals surface area contributed by atoms with E-state index in [0.717, 1.165) is 0 Å². The van der Waals surface area contributed by atoms with Gasteiger partial charge in [0.15, 0.2) is 25.0 Å². The summed E-state index contributed by atoms with van der Waals surface area (Å²) >= 11 is 0. The normalized spacial score (nSPS) is 38.8. The molecule has 1 N–H and O–H groups in total. The smallest absolute Gasteiger partial charge is 0.308 e. The van der Waals surface area contributed by atoms with Crippen molar-refractivity contribution in [3.8, 4) is 0 Å². The lowest BCUT2D eigenvalue weighted by Gasteiger charge is -2.48. The highest BCUT2D eigenvalue weighted by Crippen LogP contribution is 2.38. The molecule has 3 fully saturated rings. The zero-order valence-electron chi connectivity index (χ0n) is 41.1. The summed E-state index contributed by atoms with van der Waals surface area (Å²) < 4.78 is 72.4. The van der Waals surface area contributed by atoms with Crippen LogP contribution in [0.25, 0.3) is 0 Å². The number of rotatable bonds is 16. The number of hydrogen-bond acceptors (Lipinski definition) is 18. The van der Waals surface area contributed by atoms with Gasteiger partial charge in [-0.15, -0.1) is 0 Å². The maximum absolute atomic E-state index is 14.1. The number of ketones is 1. The second-order valence-electron chi connectivity index (χ2n) is 18.3. The van der Waals surface area contributed by atoms with Crippen LogP contribution in [0.4, 0.5) is 0 Å². The summed E-state index contributed by atoms with van der Waals surface area (Å²) in [5, 5.41) is 12.0. The molecule has 3 saturated heterocycles. The lowest BCUT2D eigenvalue weighted by atomic mass is 9.78. The third kappa shape index (κ3) is 15.3. The molecule has 3 rings (SSSR count). The van der Waals surface area contributed by atoms with E-state index in [-0.39, 0.29) is 49.3 Å². The van der Waals surface area contributed by atoms with Crippen LogP contribution < -0.4 is 0 Å². The monoisotopic (exact) mass is 920 g/mol. The number of ether oxygens (including phenoxy) is 12. The zero-order valence-corrected chi connectivity index (χ0v) is 41.1. The van der Waals surface area contributed by atoms with E-state index >= 15 is 0 Å². The lowest BCUT2D eigenvalue weighted by Crippen LogP contribution is -2.65. The Labute approximate surface area is 381 Å². The largest absolute Gasteiger partial charge is 0.462 e. The topological polar surface area (TPSA) is 203 Å². The molecule has 3 aliphatic rings. The second kappa shape index (κ2) is 26.8. The van der Waals surface area contributed by atoms with Crippen molar-refractivity contribution in [1.82, 2.24) is 4.90 Å². The van der Waals surface area contributed by atoms with Crippen molar-refractivity contribution in [1.29, 1.82) is 0 Å². The molecule has 3 aliphatic heterocycles. The molecule has 3 heterocycles. The highest BCUT2D eigenvalue weighted by Gasteiger charge is 2.52. The van der Waals surface area contributed by atoms with Gasteiger partial charge in [0.1, 0.15) is 36.3 Å². The van der Waals surface area contributed by atoms with Crippen molar-refractivity contribution in [3.05, 3.63) is 0 Å². The molecule has 18 heteroatoms. The molecule has 64 heavy (non-hydrogen) atoms. The Hall–Kier alpha value is -2.36. The van der Waals surface area contributed by atoms with Gasteiger partial charge in [-0.1, -0.05) is 27.7 Å². The average molecular weight is 920 g/mol.